The maximum atomic E-state index is 12.2. The molecule has 37 heavy (non-hydrogen) atoms. The molecule has 2 amide bonds. The number of pyridine rings is 1. The molecule has 1 aromatic carbocycles. The van der Waals surface area contributed by atoms with E-state index in [1.54, 1.807) is 0 Å². The number of hydrogen-bond acceptors (Lipinski definition) is 6. The summed E-state index contributed by atoms with van der Waals surface area (Å²) in [4.78, 5) is 35.8. The Kier molecular flexibility index (Phi) is 10.7. The summed E-state index contributed by atoms with van der Waals surface area (Å²) < 4.78 is 0. The Balaban J connectivity index is 1.07. The number of benzene rings is 1. The number of piperazine rings is 1. The van der Waals surface area contributed by atoms with E-state index >= 15 is 0 Å². The van der Waals surface area contributed by atoms with Gasteiger partial charge in [-0.05, 0) is 62.2 Å². The minimum atomic E-state index is -0.573. The summed E-state index contributed by atoms with van der Waals surface area (Å²) in [7, 11) is 0. The summed E-state index contributed by atoms with van der Waals surface area (Å²) in [6, 6.07) is 12.5. The summed E-state index contributed by atoms with van der Waals surface area (Å²) in [5, 5.41) is 5.50. The van der Waals surface area contributed by atoms with Crippen molar-refractivity contribution >= 4 is 17.5 Å². The molecule has 2 aliphatic heterocycles. The summed E-state index contributed by atoms with van der Waals surface area (Å²) in [5.41, 5.74) is 3.52. The van der Waals surface area contributed by atoms with Crippen LogP contribution in [-0.4, -0.2) is 79.0 Å². The van der Waals surface area contributed by atoms with Crippen LogP contribution in [0.25, 0.3) is 0 Å². The van der Waals surface area contributed by atoms with Crippen LogP contribution in [-0.2, 0) is 22.7 Å². The summed E-state index contributed by atoms with van der Waals surface area (Å²) >= 11 is 0. The van der Waals surface area contributed by atoms with Crippen LogP contribution in [0.2, 0.25) is 0 Å². The zero-order valence-corrected chi connectivity index (χ0v) is 22.0. The molecule has 0 bridgehead atoms. The number of nitrogens with one attached hydrogen (secondary N) is 2. The lowest BCUT2D eigenvalue weighted by Gasteiger charge is -2.36. The molecular formula is C29H42N6O2. The Hall–Kier alpha value is -2.97. The van der Waals surface area contributed by atoms with Gasteiger partial charge in [0.15, 0.2) is 0 Å². The van der Waals surface area contributed by atoms with Crippen molar-refractivity contribution < 1.29 is 9.59 Å². The maximum Gasteiger partial charge on any atom is 0.309 e. The number of anilines is 1. The predicted molar refractivity (Wildman–Crippen MR) is 147 cm³/mol. The van der Waals surface area contributed by atoms with Gasteiger partial charge in [0.2, 0.25) is 0 Å². The van der Waals surface area contributed by atoms with Gasteiger partial charge >= 0.3 is 11.8 Å². The fraction of sp³-hybridized carbons (Fsp3) is 0.552. The van der Waals surface area contributed by atoms with Gasteiger partial charge in [-0.1, -0.05) is 43.5 Å². The van der Waals surface area contributed by atoms with Crippen LogP contribution in [0.15, 0.2) is 48.8 Å². The van der Waals surface area contributed by atoms with Crippen molar-refractivity contribution in [2.45, 2.75) is 51.6 Å². The zero-order chi connectivity index (χ0) is 25.7. The molecule has 0 radical (unpaired) electrons. The molecule has 3 heterocycles. The molecule has 2 N–H and O–H groups in total. The molecule has 8 heteroatoms. The van der Waals surface area contributed by atoms with Crippen molar-refractivity contribution in [3.05, 3.63) is 59.9 Å². The third-order valence-corrected chi connectivity index (χ3v) is 7.37. The highest BCUT2D eigenvalue weighted by molar-refractivity contribution is 6.35. The van der Waals surface area contributed by atoms with Crippen LogP contribution in [0.3, 0.4) is 0 Å². The first-order valence-corrected chi connectivity index (χ1v) is 13.9. The second-order valence-electron chi connectivity index (χ2n) is 10.2. The topological polar surface area (TPSA) is 80.8 Å². The Morgan fingerprint density at radius 3 is 2.03 bits per heavy atom. The van der Waals surface area contributed by atoms with Crippen molar-refractivity contribution in [3.63, 3.8) is 0 Å². The average molecular weight is 507 g/mol. The average Bonchev–Trinajstić information content (AvgIpc) is 2.92. The van der Waals surface area contributed by atoms with Gasteiger partial charge in [0, 0.05) is 63.9 Å². The standard InChI is InChI=1S/C29H42N6O2/c36-28(31-13-6-18-33-19-21-35(22-20-33)27-11-14-30-15-12-27)29(37)32-23-25-7-9-26(10-8-25)24-34-16-4-2-1-3-5-17-34/h7-12,14-15H,1-6,13,16-24H2,(H,31,36)(H,32,37). The fourth-order valence-electron chi connectivity index (χ4n) is 5.12. The van der Waals surface area contributed by atoms with Crippen molar-refractivity contribution in [3.8, 4) is 0 Å². The molecule has 0 spiro atoms. The van der Waals surface area contributed by atoms with Crippen LogP contribution in [0, 0.1) is 0 Å². The Morgan fingerprint density at radius 1 is 0.703 bits per heavy atom. The van der Waals surface area contributed by atoms with E-state index in [4.69, 9.17) is 0 Å². The number of nitrogens with zero attached hydrogens (tertiary/aromatic N) is 4. The lowest BCUT2D eigenvalue weighted by atomic mass is 10.1. The Morgan fingerprint density at radius 2 is 1.32 bits per heavy atom. The van der Waals surface area contributed by atoms with E-state index in [-0.39, 0.29) is 0 Å². The number of carbonyl (C=O) groups is 2. The van der Waals surface area contributed by atoms with Gasteiger partial charge in [0.1, 0.15) is 0 Å². The van der Waals surface area contributed by atoms with E-state index in [0.29, 0.717) is 13.1 Å². The molecule has 0 atom stereocenters. The van der Waals surface area contributed by atoms with E-state index in [1.807, 2.05) is 36.7 Å². The first-order chi connectivity index (χ1) is 18.2. The molecular weight excluding hydrogens is 464 g/mol. The van der Waals surface area contributed by atoms with E-state index in [1.165, 1.54) is 56.4 Å². The van der Waals surface area contributed by atoms with E-state index in [0.717, 1.165) is 51.3 Å². The van der Waals surface area contributed by atoms with E-state index in [9.17, 15) is 9.59 Å². The van der Waals surface area contributed by atoms with Gasteiger partial charge in [-0.25, -0.2) is 0 Å². The molecule has 8 nitrogen and oxygen atoms in total. The number of amides is 2. The molecule has 2 aromatic rings. The maximum absolute atomic E-state index is 12.2. The zero-order valence-electron chi connectivity index (χ0n) is 22.0. The molecule has 2 saturated heterocycles. The number of hydrogen-bond donors (Lipinski definition) is 2. The van der Waals surface area contributed by atoms with Crippen LogP contribution >= 0.6 is 0 Å². The summed E-state index contributed by atoms with van der Waals surface area (Å²) in [6.45, 7) is 9.06. The predicted octanol–water partition coefficient (Wildman–Crippen LogP) is 2.79. The highest BCUT2D eigenvalue weighted by atomic mass is 16.2. The largest absolute Gasteiger partial charge is 0.369 e. The quantitative estimate of drug-likeness (QED) is 0.402. The lowest BCUT2D eigenvalue weighted by molar-refractivity contribution is -0.139. The van der Waals surface area contributed by atoms with E-state index in [2.05, 4.69) is 42.5 Å². The fourth-order valence-corrected chi connectivity index (χ4v) is 5.12. The first kappa shape index (κ1) is 27.1. The number of rotatable bonds is 9. The van der Waals surface area contributed by atoms with Crippen LogP contribution in [0.4, 0.5) is 5.69 Å². The molecule has 0 aliphatic carbocycles. The van der Waals surface area contributed by atoms with Crippen molar-refractivity contribution in [1.29, 1.82) is 0 Å². The lowest BCUT2D eigenvalue weighted by Crippen LogP contribution is -2.47. The molecule has 2 aliphatic rings. The monoisotopic (exact) mass is 506 g/mol. The third kappa shape index (κ3) is 9.13. The molecule has 0 unspecified atom stereocenters. The third-order valence-electron chi connectivity index (χ3n) is 7.37. The molecule has 0 saturated carbocycles. The van der Waals surface area contributed by atoms with Gasteiger partial charge in [0.05, 0.1) is 0 Å². The van der Waals surface area contributed by atoms with Gasteiger partial charge in [-0.2, -0.15) is 0 Å². The molecule has 2 fully saturated rings. The van der Waals surface area contributed by atoms with E-state index < -0.39 is 11.8 Å². The van der Waals surface area contributed by atoms with Gasteiger partial charge < -0.3 is 15.5 Å². The second-order valence-corrected chi connectivity index (χ2v) is 10.2. The second kappa shape index (κ2) is 14.7. The van der Waals surface area contributed by atoms with Crippen molar-refractivity contribution in [1.82, 2.24) is 25.4 Å². The minimum absolute atomic E-state index is 0.359. The first-order valence-electron chi connectivity index (χ1n) is 13.9. The SMILES string of the molecule is O=C(NCCCN1CCN(c2ccncc2)CC1)C(=O)NCc1ccc(CN2CCCCCCC2)cc1. The highest BCUT2D eigenvalue weighted by Crippen LogP contribution is 2.15. The van der Waals surface area contributed by atoms with Crippen molar-refractivity contribution in [2.75, 3.05) is 57.3 Å². The molecule has 4 rings (SSSR count). The minimum Gasteiger partial charge on any atom is -0.369 e. The van der Waals surface area contributed by atoms with Crippen LogP contribution in [0.1, 0.15) is 49.7 Å². The van der Waals surface area contributed by atoms with Crippen LogP contribution in [0.5, 0.6) is 0 Å². The molecule has 1 aromatic heterocycles. The Bertz CT molecular complexity index is 952. The summed E-state index contributed by atoms with van der Waals surface area (Å²) in [5.74, 6) is -1.13. The number of aromatic nitrogens is 1. The summed E-state index contributed by atoms with van der Waals surface area (Å²) in [6.07, 6.45) is 11.1. The van der Waals surface area contributed by atoms with Crippen LogP contribution < -0.4 is 15.5 Å². The highest BCUT2D eigenvalue weighted by Gasteiger charge is 2.17. The number of carbonyl (C=O) groups excluding carboxylic acids is 2. The smallest absolute Gasteiger partial charge is 0.309 e. The van der Waals surface area contributed by atoms with Gasteiger partial charge in [-0.3, -0.25) is 24.4 Å². The van der Waals surface area contributed by atoms with Gasteiger partial charge in [0.25, 0.3) is 0 Å². The normalized spacial score (nSPS) is 17.6. The van der Waals surface area contributed by atoms with Gasteiger partial charge in [-0.15, -0.1) is 0 Å². The Labute approximate surface area is 221 Å². The molecule has 200 valence electrons. The van der Waals surface area contributed by atoms with Crippen molar-refractivity contribution in [2.24, 2.45) is 0 Å². The number of likely N-dealkylation sites (tertiary alicyclic amines) is 1.